The summed E-state index contributed by atoms with van der Waals surface area (Å²) in [5.74, 6) is -0.264. The van der Waals surface area contributed by atoms with Gasteiger partial charge in [0.2, 0.25) is 11.8 Å². The first-order chi connectivity index (χ1) is 11.2. The summed E-state index contributed by atoms with van der Waals surface area (Å²) in [5, 5.41) is 7.05. The predicted octanol–water partition coefficient (Wildman–Crippen LogP) is 1.85. The molecular weight excluding hydrogens is 310 g/mol. The number of hydrogen-bond acceptors (Lipinski definition) is 4. The van der Waals surface area contributed by atoms with Crippen LogP contribution >= 0.6 is 11.3 Å². The molecule has 3 rings (SSSR count). The van der Waals surface area contributed by atoms with Gasteiger partial charge in [-0.1, -0.05) is 6.07 Å². The molecule has 2 amide bonds. The smallest absolute Gasteiger partial charge is 0.225 e. The van der Waals surface area contributed by atoms with Crippen molar-refractivity contribution in [1.29, 1.82) is 0 Å². The highest BCUT2D eigenvalue weighted by Crippen LogP contribution is 2.19. The van der Waals surface area contributed by atoms with Crippen molar-refractivity contribution in [2.24, 2.45) is 5.92 Å². The second-order valence-corrected chi connectivity index (χ2v) is 6.45. The molecule has 1 atom stereocenters. The molecule has 2 aromatic rings. The Kier molecular flexibility index (Phi) is 5.02. The molecule has 1 aliphatic rings. The highest BCUT2D eigenvalue weighted by Gasteiger charge is 2.34. The van der Waals surface area contributed by atoms with Gasteiger partial charge in [-0.3, -0.25) is 14.6 Å². The molecule has 5 nitrogen and oxygen atoms in total. The Morgan fingerprint density at radius 1 is 1.39 bits per heavy atom. The monoisotopic (exact) mass is 329 g/mol. The van der Waals surface area contributed by atoms with Crippen molar-refractivity contribution >= 4 is 23.2 Å². The number of aromatic nitrogens is 1. The third-order valence-electron chi connectivity index (χ3n) is 3.96. The van der Waals surface area contributed by atoms with Crippen LogP contribution in [0.3, 0.4) is 0 Å². The number of carbonyl (C=O) groups is 2. The van der Waals surface area contributed by atoms with E-state index in [1.807, 2.05) is 23.6 Å². The number of nitrogens with one attached hydrogen (secondary N) is 1. The largest absolute Gasteiger partial charge is 0.355 e. The van der Waals surface area contributed by atoms with E-state index in [1.54, 1.807) is 22.4 Å². The standard InChI is InChI=1S/C17H19N3O2S/c21-16-9-14(10-20(16)11-15-3-1-2-6-18-15)17(22)19-7-4-13-5-8-23-12-13/h1-3,5-6,8,12,14H,4,7,9-11H2,(H,19,22)/t14-/m1/s1. The average molecular weight is 329 g/mol. The SMILES string of the molecule is O=C(NCCc1ccsc1)[C@@H]1CC(=O)N(Cc2ccccn2)C1. The van der Waals surface area contributed by atoms with Gasteiger partial charge >= 0.3 is 0 Å². The molecule has 3 heterocycles. The van der Waals surface area contributed by atoms with Crippen LogP contribution in [0.4, 0.5) is 0 Å². The Morgan fingerprint density at radius 3 is 3.04 bits per heavy atom. The fourth-order valence-electron chi connectivity index (χ4n) is 2.70. The Bertz CT molecular complexity index is 658. The molecule has 0 aliphatic carbocycles. The molecule has 6 heteroatoms. The zero-order valence-corrected chi connectivity index (χ0v) is 13.6. The van der Waals surface area contributed by atoms with E-state index in [4.69, 9.17) is 0 Å². The van der Waals surface area contributed by atoms with Crippen LogP contribution < -0.4 is 5.32 Å². The van der Waals surface area contributed by atoms with E-state index in [2.05, 4.69) is 21.7 Å². The number of carbonyl (C=O) groups excluding carboxylic acids is 2. The first kappa shape index (κ1) is 15.7. The van der Waals surface area contributed by atoms with Gasteiger partial charge in [0.15, 0.2) is 0 Å². The Morgan fingerprint density at radius 2 is 2.30 bits per heavy atom. The van der Waals surface area contributed by atoms with E-state index < -0.39 is 0 Å². The van der Waals surface area contributed by atoms with Crippen molar-refractivity contribution in [2.75, 3.05) is 13.1 Å². The molecule has 120 valence electrons. The maximum absolute atomic E-state index is 12.2. The lowest BCUT2D eigenvalue weighted by Gasteiger charge is -2.16. The van der Waals surface area contributed by atoms with E-state index in [0.29, 0.717) is 19.6 Å². The van der Waals surface area contributed by atoms with Crippen molar-refractivity contribution in [3.8, 4) is 0 Å². The molecule has 1 N–H and O–H groups in total. The van der Waals surface area contributed by atoms with Crippen molar-refractivity contribution < 1.29 is 9.59 Å². The van der Waals surface area contributed by atoms with E-state index in [0.717, 1.165) is 12.1 Å². The summed E-state index contributed by atoms with van der Waals surface area (Å²) in [6, 6.07) is 7.70. The Hall–Kier alpha value is -2.21. The minimum Gasteiger partial charge on any atom is -0.355 e. The number of amides is 2. The molecule has 1 aliphatic heterocycles. The molecule has 1 fully saturated rings. The van der Waals surface area contributed by atoms with Gasteiger partial charge in [0.25, 0.3) is 0 Å². The van der Waals surface area contributed by atoms with E-state index >= 15 is 0 Å². The Balaban J connectivity index is 1.47. The van der Waals surface area contributed by atoms with Gasteiger partial charge in [0, 0.05) is 25.7 Å². The predicted molar refractivity (Wildman–Crippen MR) is 88.8 cm³/mol. The number of nitrogens with zero attached hydrogens (tertiary/aromatic N) is 2. The summed E-state index contributed by atoms with van der Waals surface area (Å²) < 4.78 is 0. The molecule has 2 aromatic heterocycles. The fourth-order valence-corrected chi connectivity index (χ4v) is 3.40. The van der Waals surface area contributed by atoms with Gasteiger partial charge in [-0.25, -0.2) is 0 Å². The number of pyridine rings is 1. The Labute approximate surface area is 139 Å². The maximum Gasteiger partial charge on any atom is 0.225 e. The van der Waals surface area contributed by atoms with Gasteiger partial charge in [0.1, 0.15) is 0 Å². The minimum atomic E-state index is -0.256. The lowest BCUT2D eigenvalue weighted by Crippen LogP contribution is -2.34. The summed E-state index contributed by atoms with van der Waals surface area (Å²) in [5.41, 5.74) is 2.08. The first-order valence-electron chi connectivity index (χ1n) is 7.69. The lowest BCUT2D eigenvalue weighted by molar-refractivity contribution is -0.129. The first-order valence-corrected chi connectivity index (χ1v) is 8.63. The summed E-state index contributed by atoms with van der Waals surface area (Å²) in [4.78, 5) is 30.2. The molecule has 0 radical (unpaired) electrons. The normalized spacial score (nSPS) is 17.5. The highest BCUT2D eigenvalue weighted by atomic mass is 32.1. The summed E-state index contributed by atoms with van der Waals surface area (Å²) in [7, 11) is 0. The van der Waals surface area contributed by atoms with Gasteiger partial charge in [-0.05, 0) is 40.9 Å². The summed E-state index contributed by atoms with van der Waals surface area (Å²) in [6.45, 7) is 1.55. The third-order valence-corrected chi connectivity index (χ3v) is 4.69. The molecular formula is C17H19N3O2S. The van der Waals surface area contributed by atoms with Crippen LogP contribution in [0.1, 0.15) is 17.7 Å². The van der Waals surface area contributed by atoms with Gasteiger partial charge in [-0.15, -0.1) is 0 Å². The molecule has 0 unspecified atom stereocenters. The van der Waals surface area contributed by atoms with Crippen molar-refractivity contribution in [1.82, 2.24) is 15.2 Å². The fraction of sp³-hybridized carbons (Fsp3) is 0.353. The maximum atomic E-state index is 12.2. The van der Waals surface area contributed by atoms with Crippen molar-refractivity contribution in [2.45, 2.75) is 19.4 Å². The van der Waals surface area contributed by atoms with Gasteiger partial charge in [0.05, 0.1) is 18.2 Å². The van der Waals surface area contributed by atoms with Crippen LogP contribution in [0.25, 0.3) is 0 Å². The summed E-state index contributed by atoms with van der Waals surface area (Å²) >= 11 is 1.66. The van der Waals surface area contributed by atoms with Crippen LogP contribution in [0, 0.1) is 5.92 Å². The van der Waals surface area contributed by atoms with Crippen LogP contribution in [-0.4, -0.2) is 34.8 Å². The third kappa shape index (κ3) is 4.16. The quantitative estimate of drug-likeness (QED) is 0.880. The zero-order chi connectivity index (χ0) is 16.1. The number of hydrogen-bond donors (Lipinski definition) is 1. The molecule has 0 saturated carbocycles. The highest BCUT2D eigenvalue weighted by molar-refractivity contribution is 7.07. The average Bonchev–Trinajstić information content (AvgIpc) is 3.19. The topological polar surface area (TPSA) is 62.3 Å². The van der Waals surface area contributed by atoms with Crippen LogP contribution in [0.15, 0.2) is 41.2 Å². The number of thiophene rings is 1. The van der Waals surface area contributed by atoms with Crippen LogP contribution in [0.5, 0.6) is 0 Å². The van der Waals surface area contributed by atoms with E-state index in [1.165, 1.54) is 5.56 Å². The lowest BCUT2D eigenvalue weighted by atomic mass is 10.1. The second-order valence-electron chi connectivity index (χ2n) is 5.67. The van der Waals surface area contributed by atoms with Crippen LogP contribution in [0.2, 0.25) is 0 Å². The summed E-state index contributed by atoms with van der Waals surface area (Å²) in [6.07, 6.45) is 2.83. The second kappa shape index (κ2) is 7.37. The number of likely N-dealkylation sites (tertiary alicyclic amines) is 1. The van der Waals surface area contributed by atoms with Crippen molar-refractivity contribution in [3.05, 3.63) is 52.5 Å². The minimum absolute atomic E-state index is 0.0219. The van der Waals surface area contributed by atoms with Gasteiger partial charge in [-0.2, -0.15) is 11.3 Å². The van der Waals surface area contributed by atoms with E-state index in [9.17, 15) is 9.59 Å². The molecule has 1 saturated heterocycles. The molecule has 0 aromatic carbocycles. The van der Waals surface area contributed by atoms with Crippen molar-refractivity contribution in [3.63, 3.8) is 0 Å². The van der Waals surface area contributed by atoms with E-state index in [-0.39, 0.29) is 24.2 Å². The van der Waals surface area contributed by atoms with Crippen LogP contribution in [-0.2, 0) is 22.6 Å². The van der Waals surface area contributed by atoms with Gasteiger partial charge < -0.3 is 10.2 Å². The molecule has 0 spiro atoms. The molecule has 23 heavy (non-hydrogen) atoms. The molecule has 0 bridgehead atoms. The number of rotatable bonds is 6. The zero-order valence-electron chi connectivity index (χ0n) is 12.8.